The summed E-state index contributed by atoms with van der Waals surface area (Å²) in [5.41, 5.74) is 10.9. The fourth-order valence-electron chi connectivity index (χ4n) is 16.1. The molecule has 0 fully saturated rings. The summed E-state index contributed by atoms with van der Waals surface area (Å²) in [5.74, 6) is -0.0359. The van der Waals surface area contributed by atoms with E-state index < -0.39 is 23.6 Å². The Labute approximate surface area is 645 Å². The number of amides is 4. The second-order valence-corrected chi connectivity index (χ2v) is 30.6. The molecule has 0 radical (unpaired) electrons. The number of anilines is 5. The van der Waals surface area contributed by atoms with Crippen LogP contribution < -0.4 is 33.6 Å². The Morgan fingerprint density at radius 2 is 0.667 bits per heavy atom. The van der Waals surface area contributed by atoms with Crippen LogP contribution in [0.25, 0.3) is 75.0 Å². The molecule has 15 aromatic carbocycles. The van der Waals surface area contributed by atoms with Gasteiger partial charge in [0.1, 0.15) is 56.8 Å². The maximum absolute atomic E-state index is 16.6. The highest BCUT2D eigenvalue weighted by atomic mass is 32.1. The zero-order valence-corrected chi connectivity index (χ0v) is 63.0. The second kappa shape index (κ2) is 27.7. The third kappa shape index (κ3) is 11.8. The molecule has 14 heteroatoms. The van der Waals surface area contributed by atoms with Crippen molar-refractivity contribution in [2.75, 3.05) is 14.7 Å². The number of carbonyl (C=O) groups is 4. The van der Waals surface area contributed by atoms with Gasteiger partial charge in [-0.05, 0) is 184 Å². The van der Waals surface area contributed by atoms with Crippen molar-refractivity contribution in [2.24, 2.45) is 0 Å². The minimum atomic E-state index is -0.571. The van der Waals surface area contributed by atoms with Crippen molar-refractivity contribution in [3.05, 3.63) is 317 Å². The van der Waals surface area contributed by atoms with E-state index in [1.54, 1.807) is 30.3 Å². The van der Waals surface area contributed by atoms with Crippen LogP contribution in [0.4, 0.5) is 28.4 Å². The van der Waals surface area contributed by atoms with E-state index in [1.807, 2.05) is 212 Å². The fraction of sp³-hybridized carbons (Fsp3) is 0.124. The lowest BCUT2D eigenvalue weighted by atomic mass is 9.80. The zero-order chi connectivity index (χ0) is 76.2. The van der Waals surface area contributed by atoms with Gasteiger partial charge in [-0.1, -0.05) is 201 Å². The van der Waals surface area contributed by atoms with Gasteiger partial charge >= 0.3 is 0 Å². The molecule has 0 unspecified atom stereocenters. The number of benzene rings is 15. The van der Waals surface area contributed by atoms with E-state index >= 15 is 19.2 Å². The Hall–Kier alpha value is -13.4. The maximum atomic E-state index is 16.6. The number of rotatable bonds is 19. The first kappa shape index (κ1) is 69.3. The Kier molecular flexibility index (Phi) is 17.3. The van der Waals surface area contributed by atoms with Crippen LogP contribution in [0, 0.1) is 0 Å². The number of imide groups is 2. The molecule has 1 N–H and O–H groups in total. The molecule has 111 heavy (non-hydrogen) atoms. The molecular weight excluding hydrogens is 1400 g/mol. The number of nitrogens with zero attached hydrogens (tertiary/aromatic N) is 4. The molecule has 0 spiro atoms. The lowest BCUT2D eigenvalue weighted by Crippen LogP contribution is -2.42. The van der Waals surface area contributed by atoms with E-state index in [-0.39, 0.29) is 74.7 Å². The first-order chi connectivity index (χ1) is 54.0. The summed E-state index contributed by atoms with van der Waals surface area (Å²) in [6, 6.07) is 86.4. The van der Waals surface area contributed by atoms with Crippen molar-refractivity contribution >= 4 is 117 Å². The van der Waals surface area contributed by atoms with Crippen LogP contribution in [0.2, 0.25) is 0 Å². The summed E-state index contributed by atoms with van der Waals surface area (Å²) in [6.07, 6.45) is 0. The third-order valence-corrected chi connectivity index (χ3v) is 22.3. The van der Waals surface area contributed by atoms with Gasteiger partial charge in [-0.3, -0.25) is 19.2 Å². The van der Waals surface area contributed by atoms with Crippen molar-refractivity contribution in [3.8, 4) is 73.4 Å². The van der Waals surface area contributed by atoms with Gasteiger partial charge in [-0.2, -0.15) is 0 Å². The smallest absolute Gasteiger partial charge is 0.266 e. The van der Waals surface area contributed by atoms with E-state index in [0.717, 1.165) is 60.7 Å². The number of thiazole rings is 1. The SMILES string of the molecule is CC(C)c1cccc(C(C)C)c1N1C(=O)c2cc(Oc3ccccc3)c3c4c(Oc5ccccc5)cc5c6c(cc(Oc7ccc(-c8ccc9sc(-c%10cc(N(c%11ccccc%11)c%11ccccc%11)ccc%10O)nc9c8)cc7)c(c7c(Oc8ccccc8)cc(c2c37)C1=O)c64)C(=O)N(c1c(C(C)C)cccc1C(C)C)C5=O. The molecule has 0 saturated carbocycles. The normalized spacial score (nSPS) is 12.9. The molecule has 16 aromatic rings. The van der Waals surface area contributed by atoms with Crippen LogP contribution in [0.1, 0.15) is 143 Å². The second-order valence-electron chi connectivity index (χ2n) is 29.6. The molecule has 13 nitrogen and oxygen atoms in total. The van der Waals surface area contributed by atoms with E-state index in [9.17, 15) is 5.11 Å². The number of fused-ring (bicyclic) bond motifs is 3. The first-order valence-corrected chi connectivity index (χ1v) is 38.3. The average molecular weight is 1470 g/mol. The van der Waals surface area contributed by atoms with Gasteiger partial charge < -0.3 is 29.0 Å². The Morgan fingerprint density at radius 3 is 1.03 bits per heavy atom. The largest absolute Gasteiger partial charge is 0.507 e. The van der Waals surface area contributed by atoms with Gasteiger partial charge in [-0.25, -0.2) is 14.8 Å². The van der Waals surface area contributed by atoms with Crippen molar-refractivity contribution in [1.29, 1.82) is 0 Å². The minimum Gasteiger partial charge on any atom is -0.507 e. The van der Waals surface area contributed by atoms with E-state index in [2.05, 4.69) is 90.6 Å². The lowest BCUT2D eigenvalue weighted by molar-refractivity contribution is 0.0877. The third-order valence-electron chi connectivity index (χ3n) is 21.2. The molecular formula is C97H74N4O9S. The van der Waals surface area contributed by atoms with Crippen LogP contribution in [-0.2, 0) is 0 Å². The highest BCUT2D eigenvalue weighted by Gasteiger charge is 2.44. The number of aromatic hydroxyl groups is 1. The monoisotopic (exact) mass is 1470 g/mol. The molecule has 0 saturated heterocycles. The molecule has 0 atom stereocenters. The summed E-state index contributed by atoms with van der Waals surface area (Å²) in [7, 11) is 0. The van der Waals surface area contributed by atoms with Crippen molar-refractivity contribution in [2.45, 2.75) is 79.1 Å². The topological polar surface area (TPSA) is 148 Å². The predicted octanol–water partition coefficient (Wildman–Crippen LogP) is 26.1. The van der Waals surface area contributed by atoms with Crippen molar-refractivity contribution in [3.63, 3.8) is 0 Å². The number of carbonyl (C=O) groups excluding carboxylic acids is 4. The molecule has 0 bridgehead atoms. The number of hydrogen-bond donors (Lipinski definition) is 1. The highest BCUT2D eigenvalue weighted by Crippen LogP contribution is 2.59. The minimum absolute atomic E-state index is 0.0954. The van der Waals surface area contributed by atoms with Crippen LogP contribution in [0.5, 0.6) is 51.7 Å². The summed E-state index contributed by atoms with van der Waals surface area (Å²) >= 11 is 1.50. The van der Waals surface area contributed by atoms with Gasteiger partial charge in [0.25, 0.3) is 23.6 Å². The summed E-state index contributed by atoms with van der Waals surface area (Å²) in [6.45, 7) is 16.5. The molecule has 3 heterocycles. The number of aromatic nitrogens is 1. The summed E-state index contributed by atoms with van der Waals surface area (Å²) in [4.78, 5) is 76.1. The molecule has 2 aliphatic heterocycles. The lowest BCUT2D eigenvalue weighted by Gasteiger charge is -2.35. The van der Waals surface area contributed by atoms with Gasteiger partial charge in [0.15, 0.2) is 0 Å². The van der Waals surface area contributed by atoms with E-state index in [1.165, 1.54) is 21.1 Å². The highest BCUT2D eigenvalue weighted by molar-refractivity contribution is 7.21. The van der Waals surface area contributed by atoms with E-state index in [4.69, 9.17) is 23.9 Å². The molecule has 2 aliphatic rings. The molecule has 542 valence electrons. The number of ether oxygens (including phenoxy) is 4. The molecule has 18 rings (SSSR count). The Bertz CT molecular complexity index is 6330. The maximum Gasteiger partial charge on any atom is 0.266 e. The first-order valence-electron chi connectivity index (χ1n) is 37.5. The average Bonchev–Trinajstić information content (AvgIpc) is 0.814. The Balaban J connectivity index is 0.887. The van der Waals surface area contributed by atoms with Crippen LogP contribution in [0.15, 0.2) is 273 Å². The quantitative estimate of drug-likeness (QED) is 0.0468. The summed E-state index contributed by atoms with van der Waals surface area (Å²) < 4.78 is 30.3. The molecule has 4 amide bonds. The summed E-state index contributed by atoms with van der Waals surface area (Å²) in [5, 5.41) is 15.3. The molecule has 0 aliphatic carbocycles. The van der Waals surface area contributed by atoms with Gasteiger partial charge in [0.2, 0.25) is 0 Å². The van der Waals surface area contributed by atoms with Crippen LogP contribution >= 0.6 is 11.3 Å². The number of phenolic OH excluding ortho intramolecular Hbond substituents is 1. The van der Waals surface area contributed by atoms with Gasteiger partial charge in [0, 0.05) is 60.2 Å². The standard InChI is InChI=1S/C97H74N4O9S/c1-54(2)67-36-24-37-68(55(3)4)91(67)100-94(103)72-50-78(107-63-30-18-11-19-31-63)85-86-79(108-64-32-20-12-21-33-64)51-74-84-75(97(106)101(96(74)105)92-69(56(5)6)38-25-39-70(92)57(7)8)53-81(88(90(84)86)87-80(109-65-34-22-13-23-35-65)52-73(95(100)104)83(72)89(85)87)110-66-44-40-58(41-45-66)59-42-47-82-76(48-59)98-93(111-82)71-49-62(43-46-77(71)102)99(60-26-14-9-15-27-60)61-28-16-10-17-29-61/h9-57,102H,1-8H3. The number of hydrogen-bond acceptors (Lipinski definition) is 12. The zero-order valence-electron chi connectivity index (χ0n) is 62.2. The fourth-order valence-corrected chi connectivity index (χ4v) is 17.1. The van der Waals surface area contributed by atoms with Gasteiger partial charge in [0.05, 0.1) is 49.4 Å². The van der Waals surface area contributed by atoms with Crippen molar-refractivity contribution < 1.29 is 43.2 Å². The van der Waals surface area contributed by atoms with Crippen LogP contribution in [0.3, 0.4) is 0 Å². The van der Waals surface area contributed by atoms with Crippen molar-refractivity contribution in [1.82, 2.24) is 4.98 Å². The van der Waals surface area contributed by atoms with E-state index in [0.29, 0.717) is 88.0 Å². The predicted molar refractivity (Wildman–Crippen MR) is 446 cm³/mol. The van der Waals surface area contributed by atoms with Gasteiger partial charge in [-0.15, -0.1) is 11.3 Å². The molecule has 1 aromatic heterocycles. The number of phenols is 1. The Morgan fingerprint density at radius 1 is 0.324 bits per heavy atom. The van der Waals surface area contributed by atoms with Crippen LogP contribution in [-0.4, -0.2) is 33.7 Å². The number of para-hydroxylation sites is 7.